The molecule has 0 aliphatic heterocycles. The molecule has 0 amide bonds. The zero-order valence-electron chi connectivity index (χ0n) is 12.3. The first kappa shape index (κ1) is 15.0. The highest BCUT2D eigenvalue weighted by atomic mass is 32.1. The molecule has 0 saturated heterocycles. The molecule has 1 atom stereocenters. The molecule has 0 spiro atoms. The minimum atomic E-state index is 0.318. The standard InChI is InChI=1S/C16H22N2OS/c1-18(2)12-16(17-11-15-5-4-10-20-15)13-6-8-14(19-3)9-7-13/h4-10,16-17H,11-12H2,1-3H3/t16-/m1/s1. The van der Waals surface area contributed by atoms with Crippen LogP contribution in [0.2, 0.25) is 0 Å². The second-order valence-corrected chi connectivity index (χ2v) is 6.08. The average molecular weight is 290 g/mol. The average Bonchev–Trinajstić information content (AvgIpc) is 2.96. The summed E-state index contributed by atoms with van der Waals surface area (Å²) in [6, 6.07) is 12.9. The fourth-order valence-electron chi connectivity index (χ4n) is 2.13. The number of ether oxygens (including phenoxy) is 1. The van der Waals surface area contributed by atoms with E-state index in [2.05, 4.69) is 54.0 Å². The van der Waals surface area contributed by atoms with E-state index < -0.39 is 0 Å². The molecule has 0 saturated carbocycles. The molecule has 0 aliphatic rings. The van der Waals surface area contributed by atoms with Gasteiger partial charge in [-0.1, -0.05) is 18.2 Å². The van der Waals surface area contributed by atoms with Gasteiger partial charge in [0.2, 0.25) is 0 Å². The van der Waals surface area contributed by atoms with Crippen LogP contribution in [0.4, 0.5) is 0 Å². The first-order chi connectivity index (χ1) is 9.69. The normalized spacial score (nSPS) is 12.6. The van der Waals surface area contributed by atoms with Gasteiger partial charge < -0.3 is 15.0 Å². The minimum Gasteiger partial charge on any atom is -0.497 e. The predicted molar refractivity (Wildman–Crippen MR) is 85.4 cm³/mol. The Hall–Kier alpha value is -1.36. The van der Waals surface area contributed by atoms with Crippen molar-refractivity contribution in [2.75, 3.05) is 27.7 Å². The Morgan fingerprint density at radius 2 is 1.95 bits per heavy atom. The van der Waals surface area contributed by atoms with Crippen LogP contribution >= 0.6 is 11.3 Å². The van der Waals surface area contributed by atoms with Crippen LogP contribution in [0.3, 0.4) is 0 Å². The summed E-state index contributed by atoms with van der Waals surface area (Å²) in [6.07, 6.45) is 0. The molecule has 108 valence electrons. The predicted octanol–water partition coefficient (Wildman–Crippen LogP) is 3.15. The Bertz CT molecular complexity index is 494. The van der Waals surface area contributed by atoms with Gasteiger partial charge in [0.15, 0.2) is 0 Å². The van der Waals surface area contributed by atoms with Crippen molar-refractivity contribution in [3.63, 3.8) is 0 Å². The number of hydrogen-bond acceptors (Lipinski definition) is 4. The van der Waals surface area contributed by atoms with Gasteiger partial charge in [-0.15, -0.1) is 11.3 Å². The SMILES string of the molecule is COc1ccc([C@@H](CN(C)C)NCc2cccs2)cc1. The highest BCUT2D eigenvalue weighted by Crippen LogP contribution is 2.19. The van der Waals surface area contributed by atoms with Gasteiger partial charge in [-0.25, -0.2) is 0 Å². The third-order valence-corrected chi connectivity index (χ3v) is 4.05. The molecule has 4 heteroatoms. The quantitative estimate of drug-likeness (QED) is 0.848. The number of likely N-dealkylation sites (N-methyl/N-ethyl adjacent to an activating group) is 1. The Morgan fingerprint density at radius 3 is 2.50 bits per heavy atom. The van der Waals surface area contributed by atoms with E-state index in [1.165, 1.54) is 10.4 Å². The number of hydrogen-bond donors (Lipinski definition) is 1. The van der Waals surface area contributed by atoms with Gasteiger partial charge in [0, 0.05) is 24.0 Å². The molecule has 0 fully saturated rings. The Morgan fingerprint density at radius 1 is 1.20 bits per heavy atom. The van der Waals surface area contributed by atoms with Crippen LogP contribution in [-0.4, -0.2) is 32.6 Å². The zero-order valence-corrected chi connectivity index (χ0v) is 13.1. The lowest BCUT2D eigenvalue weighted by molar-refractivity contribution is 0.341. The fourth-order valence-corrected chi connectivity index (χ4v) is 2.78. The molecule has 1 heterocycles. The van der Waals surface area contributed by atoms with E-state index in [0.717, 1.165) is 18.8 Å². The third kappa shape index (κ3) is 4.34. The molecule has 20 heavy (non-hydrogen) atoms. The summed E-state index contributed by atoms with van der Waals surface area (Å²) >= 11 is 1.79. The van der Waals surface area contributed by atoms with E-state index in [-0.39, 0.29) is 0 Å². The van der Waals surface area contributed by atoms with E-state index >= 15 is 0 Å². The fraction of sp³-hybridized carbons (Fsp3) is 0.375. The topological polar surface area (TPSA) is 24.5 Å². The molecular weight excluding hydrogens is 268 g/mol. The van der Waals surface area contributed by atoms with Crippen molar-refractivity contribution in [1.82, 2.24) is 10.2 Å². The highest BCUT2D eigenvalue weighted by molar-refractivity contribution is 7.09. The van der Waals surface area contributed by atoms with E-state index in [0.29, 0.717) is 6.04 Å². The molecule has 1 aromatic carbocycles. The van der Waals surface area contributed by atoms with Gasteiger partial charge in [-0.3, -0.25) is 0 Å². The lowest BCUT2D eigenvalue weighted by atomic mass is 10.1. The van der Waals surface area contributed by atoms with Crippen LogP contribution in [0.15, 0.2) is 41.8 Å². The first-order valence-corrected chi connectivity index (χ1v) is 7.61. The van der Waals surface area contributed by atoms with Crippen molar-refractivity contribution < 1.29 is 4.74 Å². The van der Waals surface area contributed by atoms with Crippen LogP contribution in [0, 0.1) is 0 Å². The molecule has 0 aliphatic carbocycles. The van der Waals surface area contributed by atoms with Gasteiger partial charge in [0.25, 0.3) is 0 Å². The smallest absolute Gasteiger partial charge is 0.118 e. The summed E-state index contributed by atoms with van der Waals surface area (Å²) in [5.74, 6) is 0.899. The van der Waals surface area contributed by atoms with Crippen molar-refractivity contribution in [2.45, 2.75) is 12.6 Å². The largest absolute Gasteiger partial charge is 0.497 e. The maximum atomic E-state index is 5.22. The van der Waals surface area contributed by atoms with Crippen LogP contribution in [0.25, 0.3) is 0 Å². The lowest BCUT2D eigenvalue weighted by Gasteiger charge is -2.23. The zero-order chi connectivity index (χ0) is 14.4. The van der Waals surface area contributed by atoms with Gasteiger partial charge >= 0.3 is 0 Å². The molecular formula is C16H22N2OS. The van der Waals surface area contributed by atoms with E-state index in [1.807, 2.05) is 12.1 Å². The van der Waals surface area contributed by atoms with E-state index in [9.17, 15) is 0 Å². The number of nitrogens with one attached hydrogen (secondary N) is 1. The van der Waals surface area contributed by atoms with E-state index in [1.54, 1.807) is 18.4 Å². The second kappa shape index (κ2) is 7.43. The monoisotopic (exact) mass is 290 g/mol. The van der Waals surface area contributed by atoms with Crippen molar-refractivity contribution in [3.8, 4) is 5.75 Å². The summed E-state index contributed by atoms with van der Waals surface area (Å²) in [5, 5.41) is 5.75. The molecule has 0 bridgehead atoms. The molecule has 2 rings (SSSR count). The maximum Gasteiger partial charge on any atom is 0.118 e. The Labute approximate surface area is 125 Å². The van der Waals surface area contributed by atoms with Crippen molar-refractivity contribution >= 4 is 11.3 Å². The number of nitrogens with zero attached hydrogens (tertiary/aromatic N) is 1. The summed E-state index contributed by atoms with van der Waals surface area (Å²) in [4.78, 5) is 3.57. The summed E-state index contributed by atoms with van der Waals surface area (Å²) in [7, 11) is 5.90. The van der Waals surface area contributed by atoms with Crippen LogP contribution in [0.1, 0.15) is 16.5 Å². The van der Waals surface area contributed by atoms with Crippen LogP contribution in [0.5, 0.6) is 5.75 Å². The van der Waals surface area contributed by atoms with Gasteiger partial charge in [-0.05, 0) is 43.2 Å². The van der Waals surface area contributed by atoms with Gasteiger partial charge in [0.1, 0.15) is 5.75 Å². The van der Waals surface area contributed by atoms with Crippen molar-refractivity contribution in [2.24, 2.45) is 0 Å². The molecule has 3 nitrogen and oxygen atoms in total. The maximum absolute atomic E-state index is 5.22. The third-order valence-electron chi connectivity index (χ3n) is 3.17. The number of rotatable bonds is 7. The van der Waals surface area contributed by atoms with E-state index in [4.69, 9.17) is 4.74 Å². The molecule has 0 radical (unpaired) electrons. The summed E-state index contributed by atoms with van der Waals surface area (Å²) < 4.78 is 5.22. The molecule has 2 aromatic rings. The van der Waals surface area contributed by atoms with Crippen molar-refractivity contribution in [3.05, 3.63) is 52.2 Å². The minimum absolute atomic E-state index is 0.318. The lowest BCUT2D eigenvalue weighted by Crippen LogP contribution is -2.30. The van der Waals surface area contributed by atoms with Gasteiger partial charge in [-0.2, -0.15) is 0 Å². The summed E-state index contributed by atoms with van der Waals surface area (Å²) in [6.45, 7) is 1.87. The van der Waals surface area contributed by atoms with Gasteiger partial charge in [0.05, 0.1) is 7.11 Å². The second-order valence-electron chi connectivity index (χ2n) is 5.05. The van der Waals surface area contributed by atoms with Crippen LogP contribution in [-0.2, 0) is 6.54 Å². The number of benzene rings is 1. The van der Waals surface area contributed by atoms with Crippen molar-refractivity contribution in [1.29, 1.82) is 0 Å². The van der Waals surface area contributed by atoms with Crippen LogP contribution < -0.4 is 10.1 Å². The molecule has 0 unspecified atom stereocenters. The Balaban J connectivity index is 2.05. The Kier molecular flexibility index (Phi) is 5.59. The molecule has 1 N–H and O–H groups in total. The number of methoxy groups -OCH3 is 1. The number of thiophene rings is 1. The molecule has 1 aromatic heterocycles. The highest BCUT2D eigenvalue weighted by Gasteiger charge is 2.12. The first-order valence-electron chi connectivity index (χ1n) is 6.73. The summed E-state index contributed by atoms with van der Waals surface area (Å²) in [5.41, 5.74) is 1.29.